The fourth-order valence-electron chi connectivity index (χ4n) is 1.94. The number of benzene rings is 2. The number of hydrogen-bond acceptors (Lipinski definition) is 2. The molecule has 1 unspecified atom stereocenters. The van der Waals surface area contributed by atoms with E-state index >= 15 is 0 Å². The van der Waals surface area contributed by atoms with Crippen LogP contribution in [0.15, 0.2) is 51.8 Å². The van der Waals surface area contributed by atoms with E-state index in [0.29, 0.717) is 17.4 Å². The number of nitrogens with two attached hydrogens (primary N) is 1. The highest BCUT2D eigenvalue weighted by Crippen LogP contribution is 2.26. The Morgan fingerprint density at radius 3 is 2.40 bits per heavy atom. The normalized spacial score (nSPS) is 12.6. The van der Waals surface area contributed by atoms with Crippen LogP contribution in [0, 0.1) is 0 Å². The monoisotopic (exact) mass is 351 g/mol. The molecule has 0 spiro atoms. The Morgan fingerprint density at radius 2 is 1.80 bits per heavy atom. The molecule has 0 saturated heterocycles. The van der Waals surface area contributed by atoms with Gasteiger partial charge in [-0.15, -0.1) is 0 Å². The van der Waals surface area contributed by atoms with Crippen molar-refractivity contribution >= 4 is 32.4 Å². The van der Waals surface area contributed by atoms with Gasteiger partial charge in [-0.25, -0.2) is 0 Å². The third-order valence-electron chi connectivity index (χ3n) is 3.20. The van der Waals surface area contributed by atoms with Crippen LogP contribution in [0.5, 0.6) is 0 Å². The van der Waals surface area contributed by atoms with E-state index in [0.717, 1.165) is 14.9 Å². The minimum Gasteiger partial charge on any atom is -0.398 e. The van der Waals surface area contributed by atoms with Gasteiger partial charge in [0.1, 0.15) is 0 Å². The molecule has 1 atom stereocenters. The maximum Gasteiger partial charge on any atom is 0.0574 e. The summed E-state index contributed by atoms with van der Waals surface area (Å²) in [5.41, 5.74) is 8.75. The van der Waals surface area contributed by atoms with Gasteiger partial charge in [0.2, 0.25) is 0 Å². The fourth-order valence-corrected chi connectivity index (χ4v) is 3.66. The SMILES string of the molecule is CC(C)c1ccc(S(=O)Cc2cccc(N)c2Br)cc1. The second-order valence-corrected chi connectivity index (χ2v) is 7.28. The van der Waals surface area contributed by atoms with Crippen molar-refractivity contribution in [3.63, 3.8) is 0 Å². The van der Waals surface area contributed by atoms with E-state index in [-0.39, 0.29) is 0 Å². The molecule has 2 nitrogen and oxygen atoms in total. The molecule has 0 fully saturated rings. The zero-order valence-corrected chi connectivity index (χ0v) is 14.0. The molecule has 2 aromatic carbocycles. The predicted molar refractivity (Wildman–Crippen MR) is 89.2 cm³/mol. The highest BCUT2D eigenvalue weighted by Gasteiger charge is 2.10. The average Bonchev–Trinajstić information content (AvgIpc) is 2.44. The molecule has 20 heavy (non-hydrogen) atoms. The summed E-state index contributed by atoms with van der Waals surface area (Å²) in [5.74, 6) is 0.952. The van der Waals surface area contributed by atoms with Gasteiger partial charge in [-0.3, -0.25) is 4.21 Å². The molecular formula is C16H18BrNOS. The van der Waals surface area contributed by atoms with Crippen LogP contribution in [0.3, 0.4) is 0 Å². The van der Waals surface area contributed by atoms with E-state index in [4.69, 9.17) is 5.73 Å². The molecule has 4 heteroatoms. The van der Waals surface area contributed by atoms with Crippen LogP contribution in [-0.4, -0.2) is 4.21 Å². The Hall–Kier alpha value is -1.13. The first-order chi connectivity index (χ1) is 9.49. The Kier molecular flexibility index (Phi) is 5.00. The number of hydrogen-bond donors (Lipinski definition) is 1. The number of halogens is 1. The molecule has 2 N–H and O–H groups in total. The summed E-state index contributed by atoms with van der Waals surface area (Å²) in [4.78, 5) is 0.851. The van der Waals surface area contributed by atoms with Crippen LogP contribution in [0.4, 0.5) is 5.69 Å². The van der Waals surface area contributed by atoms with Gasteiger partial charge in [0.25, 0.3) is 0 Å². The van der Waals surface area contributed by atoms with Gasteiger partial charge in [0.05, 0.1) is 16.6 Å². The van der Waals surface area contributed by atoms with Gasteiger partial charge in [-0.2, -0.15) is 0 Å². The molecule has 2 aromatic rings. The molecule has 0 aliphatic rings. The summed E-state index contributed by atoms with van der Waals surface area (Å²) in [6, 6.07) is 13.7. The van der Waals surface area contributed by atoms with Gasteiger partial charge in [-0.1, -0.05) is 38.1 Å². The van der Waals surface area contributed by atoms with Crippen LogP contribution in [0.25, 0.3) is 0 Å². The molecule has 0 aliphatic heterocycles. The summed E-state index contributed by atoms with van der Waals surface area (Å²) in [6.45, 7) is 4.30. The second-order valence-electron chi connectivity index (χ2n) is 5.03. The second kappa shape index (κ2) is 6.55. The third kappa shape index (κ3) is 3.49. The molecule has 0 heterocycles. The highest BCUT2D eigenvalue weighted by atomic mass is 79.9. The summed E-state index contributed by atoms with van der Waals surface area (Å²) < 4.78 is 13.2. The summed E-state index contributed by atoms with van der Waals surface area (Å²) in [6.07, 6.45) is 0. The van der Waals surface area contributed by atoms with Crippen LogP contribution in [0.1, 0.15) is 30.9 Å². The van der Waals surface area contributed by atoms with Gasteiger partial charge < -0.3 is 5.73 Å². The van der Waals surface area contributed by atoms with Crippen molar-refractivity contribution in [3.05, 3.63) is 58.1 Å². The van der Waals surface area contributed by atoms with Gasteiger partial charge in [-0.05, 0) is 51.2 Å². The van der Waals surface area contributed by atoms with Crippen molar-refractivity contribution in [3.8, 4) is 0 Å². The number of nitrogen functional groups attached to an aromatic ring is 1. The van der Waals surface area contributed by atoms with Crippen molar-refractivity contribution in [2.45, 2.75) is 30.4 Å². The average molecular weight is 352 g/mol. The lowest BCUT2D eigenvalue weighted by molar-refractivity contribution is 0.682. The molecule has 0 radical (unpaired) electrons. The first kappa shape index (κ1) is 15.3. The minimum absolute atomic E-state index is 0.465. The van der Waals surface area contributed by atoms with E-state index in [9.17, 15) is 4.21 Å². The first-order valence-electron chi connectivity index (χ1n) is 6.50. The number of rotatable bonds is 4. The van der Waals surface area contributed by atoms with E-state index in [2.05, 4.69) is 29.8 Å². The van der Waals surface area contributed by atoms with Crippen molar-refractivity contribution in [2.24, 2.45) is 0 Å². The maximum atomic E-state index is 12.4. The minimum atomic E-state index is -1.06. The maximum absolute atomic E-state index is 12.4. The lowest BCUT2D eigenvalue weighted by Gasteiger charge is -2.09. The quantitative estimate of drug-likeness (QED) is 0.826. The van der Waals surface area contributed by atoms with Crippen LogP contribution >= 0.6 is 15.9 Å². The standard InChI is InChI=1S/C16H18BrNOS/c1-11(2)12-6-8-14(9-7-12)20(19)10-13-4-3-5-15(18)16(13)17/h3-9,11H,10,18H2,1-2H3. The topological polar surface area (TPSA) is 43.1 Å². The lowest BCUT2D eigenvalue weighted by Crippen LogP contribution is -1.99. The van der Waals surface area contributed by atoms with E-state index < -0.39 is 10.8 Å². The summed E-state index contributed by atoms with van der Waals surface area (Å²) in [7, 11) is -1.06. The van der Waals surface area contributed by atoms with Crippen LogP contribution in [0.2, 0.25) is 0 Å². The zero-order valence-electron chi connectivity index (χ0n) is 11.6. The molecule has 0 bridgehead atoms. The van der Waals surface area contributed by atoms with Crippen LogP contribution in [-0.2, 0) is 16.6 Å². The van der Waals surface area contributed by atoms with Gasteiger partial charge in [0.15, 0.2) is 0 Å². The Labute approximate surface area is 131 Å². The van der Waals surface area contributed by atoms with E-state index in [1.807, 2.05) is 42.5 Å². The molecule has 0 aliphatic carbocycles. The highest BCUT2D eigenvalue weighted by molar-refractivity contribution is 9.10. The molecule has 2 rings (SSSR count). The van der Waals surface area contributed by atoms with Crippen LogP contribution < -0.4 is 5.73 Å². The van der Waals surface area contributed by atoms with Crippen molar-refractivity contribution < 1.29 is 4.21 Å². The third-order valence-corrected chi connectivity index (χ3v) is 5.54. The summed E-state index contributed by atoms with van der Waals surface area (Å²) in [5, 5.41) is 0. The van der Waals surface area contributed by atoms with E-state index in [1.54, 1.807) is 0 Å². The van der Waals surface area contributed by atoms with Crippen molar-refractivity contribution in [2.75, 3.05) is 5.73 Å². The Morgan fingerprint density at radius 1 is 1.15 bits per heavy atom. The number of anilines is 1. The lowest BCUT2D eigenvalue weighted by atomic mass is 10.0. The molecule has 0 aromatic heterocycles. The first-order valence-corrected chi connectivity index (χ1v) is 8.61. The molecular weight excluding hydrogens is 334 g/mol. The molecule has 0 saturated carbocycles. The summed E-state index contributed by atoms with van der Waals surface area (Å²) >= 11 is 3.45. The largest absolute Gasteiger partial charge is 0.398 e. The smallest absolute Gasteiger partial charge is 0.0574 e. The fraction of sp³-hybridized carbons (Fsp3) is 0.250. The molecule has 106 valence electrons. The van der Waals surface area contributed by atoms with Crippen molar-refractivity contribution in [1.82, 2.24) is 0 Å². The van der Waals surface area contributed by atoms with Crippen molar-refractivity contribution in [1.29, 1.82) is 0 Å². The zero-order chi connectivity index (χ0) is 14.7. The van der Waals surface area contributed by atoms with Gasteiger partial charge >= 0.3 is 0 Å². The molecule has 0 amide bonds. The van der Waals surface area contributed by atoms with E-state index in [1.165, 1.54) is 5.56 Å². The predicted octanol–water partition coefficient (Wildman–Crippen LogP) is 4.46. The Balaban J connectivity index is 2.18. The Bertz CT molecular complexity index is 623. The van der Waals surface area contributed by atoms with Gasteiger partial charge in [0, 0.05) is 15.1 Å².